The molecule has 0 radical (unpaired) electrons. The summed E-state index contributed by atoms with van der Waals surface area (Å²) >= 11 is 3.62. The van der Waals surface area contributed by atoms with Crippen LogP contribution < -0.4 is 0 Å². The molecule has 2 rings (SSSR count). The molecule has 0 saturated heterocycles. The normalized spacial score (nSPS) is 15.1. The maximum Gasteiger partial charge on any atom is 0.0839 e. The summed E-state index contributed by atoms with van der Waals surface area (Å²) in [4.78, 5) is 5.89. The lowest BCUT2D eigenvalue weighted by molar-refractivity contribution is 1.32. The second-order valence-electron chi connectivity index (χ2n) is 2.97. The average molecular weight is 209 g/mol. The molecule has 1 aliphatic rings. The van der Waals surface area contributed by atoms with Crippen molar-refractivity contribution >= 4 is 34.3 Å². The van der Waals surface area contributed by atoms with Crippen LogP contribution in [0.4, 0.5) is 5.69 Å². The molecule has 68 valence electrons. The number of hydrogen-bond acceptors (Lipinski definition) is 3. The molecule has 13 heavy (non-hydrogen) atoms. The highest BCUT2D eigenvalue weighted by atomic mass is 32.2. The molecule has 0 unspecified atom stereocenters. The molecule has 0 aliphatic carbocycles. The summed E-state index contributed by atoms with van der Waals surface area (Å²) in [7, 11) is 0. The van der Waals surface area contributed by atoms with Gasteiger partial charge < -0.3 is 0 Å². The van der Waals surface area contributed by atoms with E-state index in [2.05, 4.69) is 36.4 Å². The molecular formula is C10H11NS2. The van der Waals surface area contributed by atoms with Gasteiger partial charge in [-0.3, -0.25) is 0 Å². The van der Waals surface area contributed by atoms with E-state index in [1.54, 1.807) is 11.8 Å². The highest BCUT2D eigenvalue weighted by Crippen LogP contribution is 2.35. The monoisotopic (exact) mass is 209 g/mol. The van der Waals surface area contributed by atoms with E-state index in [1.807, 2.05) is 11.8 Å². The van der Waals surface area contributed by atoms with Crippen LogP contribution in [-0.2, 0) is 0 Å². The van der Waals surface area contributed by atoms with E-state index in [0.29, 0.717) is 0 Å². The van der Waals surface area contributed by atoms with E-state index in [1.165, 1.54) is 15.5 Å². The van der Waals surface area contributed by atoms with Crippen molar-refractivity contribution < 1.29 is 0 Å². The summed E-state index contributed by atoms with van der Waals surface area (Å²) in [5.74, 6) is 1.03. The van der Waals surface area contributed by atoms with E-state index in [0.717, 1.165) is 11.4 Å². The minimum absolute atomic E-state index is 1.03. The Hall–Kier alpha value is -0.410. The first kappa shape index (κ1) is 9.16. The molecule has 0 aromatic heterocycles. The Balaban J connectivity index is 2.44. The standard InChI is InChI=1S/C10H11NS2/c1-7-3-4-9-8(5-7)11-10(12-2)6-13-9/h3-5H,6H2,1-2H3. The van der Waals surface area contributed by atoms with Crippen molar-refractivity contribution in [3.63, 3.8) is 0 Å². The molecule has 0 fully saturated rings. The van der Waals surface area contributed by atoms with Crippen LogP contribution in [0.25, 0.3) is 0 Å². The van der Waals surface area contributed by atoms with E-state index in [9.17, 15) is 0 Å². The smallest absolute Gasteiger partial charge is 0.0839 e. The van der Waals surface area contributed by atoms with Crippen molar-refractivity contribution in [2.24, 2.45) is 4.99 Å². The zero-order valence-corrected chi connectivity index (χ0v) is 9.34. The van der Waals surface area contributed by atoms with Gasteiger partial charge in [0.2, 0.25) is 0 Å². The van der Waals surface area contributed by atoms with Crippen LogP contribution in [0.1, 0.15) is 5.56 Å². The topological polar surface area (TPSA) is 12.4 Å². The van der Waals surface area contributed by atoms with Gasteiger partial charge in [-0.15, -0.1) is 23.5 Å². The third-order valence-electron chi connectivity index (χ3n) is 1.95. The van der Waals surface area contributed by atoms with Crippen LogP contribution >= 0.6 is 23.5 Å². The molecule has 0 saturated carbocycles. The van der Waals surface area contributed by atoms with Crippen molar-refractivity contribution in [3.05, 3.63) is 23.8 Å². The second kappa shape index (κ2) is 3.76. The first-order valence-electron chi connectivity index (χ1n) is 4.14. The highest BCUT2D eigenvalue weighted by Gasteiger charge is 2.11. The molecule has 1 aromatic carbocycles. The number of aryl methyl sites for hydroxylation is 1. The largest absolute Gasteiger partial charge is 0.245 e. The number of aliphatic imine (C=N–C) groups is 1. The van der Waals surface area contributed by atoms with Gasteiger partial charge in [0, 0.05) is 10.6 Å². The maximum absolute atomic E-state index is 4.58. The van der Waals surface area contributed by atoms with Gasteiger partial charge in [-0.05, 0) is 30.9 Å². The lowest BCUT2D eigenvalue weighted by Crippen LogP contribution is -1.99. The van der Waals surface area contributed by atoms with Crippen molar-refractivity contribution in [3.8, 4) is 0 Å². The Kier molecular flexibility index (Phi) is 2.65. The van der Waals surface area contributed by atoms with Gasteiger partial charge in [0.25, 0.3) is 0 Å². The van der Waals surface area contributed by atoms with Crippen molar-refractivity contribution in [2.75, 3.05) is 12.0 Å². The highest BCUT2D eigenvalue weighted by molar-refractivity contribution is 8.15. The van der Waals surface area contributed by atoms with E-state index in [-0.39, 0.29) is 0 Å². The van der Waals surface area contributed by atoms with Crippen molar-refractivity contribution in [2.45, 2.75) is 11.8 Å². The van der Waals surface area contributed by atoms with E-state index >= 15 is 0 Å². The average Bonchev–Trinajstić information content (AvgIpc) is 2.16. The van der Waals surface area contributed by atoms with Gasteiger partial charge >= 0.3 is 0 Å². The SMILES string of the molecule is CSC1=Nc2cc(C)ccc2SC1. The Labute approximate surface area is 87.0 Å². The second-order valence-corrected chi connectivity index (χ2v) is 4.87. The van der Waals surface area contributed by atoms with Crippen LogP contribution in [-0.4, -0.2) is 17.1 Å². The van der Waals surface area contributed by atoms with Crippen molar-refractivity contribution in [1.29, 1.82) is 0 Å². The third kappa shape index (κ3) is 1.92. The molecule has 1 nitrogen and oxygen atoms in total. The minimum atomic E-state index is 1.03. The fourth-order valence-electron chi connectivity index (χ4n) is 1.25. The van der Waals surface area contributed by atoms with Crippen LogP contribution in [0.2, 0.25) is 0 Å². The zero-order valence-electron chi connectivity index (χ0n) is 7.70. The summed E-state index contributed by atoms with van der Waals surface area (Å²) in [6, 6.07) is 6.46. The molecule has 0 spiro atoms. The molecule has 0 N–H and O–H groups in total. The fraction of sp³-hybridized carbons (Fsp3) is 0.300. The molecule has 1 aromatic rings. The van der Waals surface area contributed by atoms with Crippen LogP contribution in [0.5, 0.6) is 0 Å². The lowest BCUT2D eigenvalue weighted by atomic mass is 10.2. The number of thioether (sulfide) groups is 2. The summed E-state index contributed by atoms with van der Waals surface area (Å²) in [5, 5.41) is 1.23. The van der Waals surface area contributed by atoms with E-state index in [4.69, 9.17) is 0 Å². The number of rotatable bonds is 0. The number of nitrogens with zero attached hydrogens (tertiary/aromatic N) is 1. The minimum Gasteiger partial charge on any atom is -0.245 e. The summed E-state index contributed by atoms with van der Waals surface area (Å²) in [6.45, 7) is 2.10. The molecule has 0 atom stereocenters. The quantitative estimate of drug-likeness (QED) is 0.648. The van der Waals surface area contributed by atoms with Crippen LogP contribution in [0.3, 0.4) is 0 Å². The summed E-state index contributed by atoms with van der Waals surface area (Å²) in [6.07, 6.45) is 2.08. The zero-order chi connectivity index (χ0) is 9.26. The van der Waals surface area contributed by atoms with Crippen molar-refractivity contribution in [1.82, 2.24) is 0 Å². The van der Waals surface area contributed by atoms with Crippen LogP contribution in [0.15, 0.2) is 28.1 Å². The molecule has 1 aliphatic heterocycles. The predicted octanol–water partition coefficient (Wildman–Crippen LogP) is 3.49. The molecular weight excluding hydrogens is 198 g/mol. The number of benzene rings is 1. The fourth-order valence-corrected chi connectivity index (χ4v) is 2.85. The molecule has 0 amide bonds. The summed E-state index contributed by atoms with van der Waals surface area (Å²) in [5.41, 5.74) is 2.42. The predicted molar refractivity (Wildman–Crippen MR) is 62.5 cm³/mol. The van der Waals surface area contributed by atoms with Gasteiger partial charge in [0.05, 0.1) is 10.7 Å². The summed E-state index contributed by atoms with van der Waals surface area (Å²) < 4.78 is 0. The first-order valence-corrected chi connectivity index (χ1v) is 6.35. The first-order chi connectivity index (χ1) is 6.29. The molecule has 1 heterocycles. The van der Waals surface area contributed by atoms with E-state index < -0.39 is 0 Å². The van der Waals surface area contributed by atoms with Crippen LogP contribution in [0, 0.1) is 6.92 Å². The molecule has 3 heteroatoms. The van der Waals surface area contributed by atoms with Gasteiger partial charge in [-0.1, -0.05) is 6.07 Å². The van der Waals surface area contributed by atoms with Gasteiger partial charge in [0.15, 0.2) is 0 Å². The third-order valence-corrected chi connectivity index (χ3v) is 3.91. The Morgan fingerprint density at radius 3 is 3.08 bits per heavy atom. The number of hydrogen-bond donors (Lipinski definition) is 0. The Morgan fingerprint density at radius 1 is 1.46 bits per heavy atom. The van der Waals surface area contributed by atoms with Gasteiger partial charge in [-0.2, -0.15) is 0 Å². The number of fused-ring (bicyclic) bond motifs is 1. The van der Waals surface area contributed by atoms with Gasteiger partial charge in [-0.25, -0.2) is 4.99 Å². The Morgan fingerprint density at radius 2 is 2.31 bits per heavy atom. The Bertz CT molecular complexity index is 358. The van der Waals surface area contributed by atoms with Gasteiger partial charge in [0.1, 0.15) is 0 Å². The lowest BCUT2D eigenvalue weighted by Gasteiger charge is -2.13. The molecule has 0 bridgehead atoms. The maximum atomic E-state index is 4.58.